The molecule has 1 aliphatic heterocycles. The summed E-state index contributed by atoms with van der Waals surface area (Å²) in [5, 5.41) is 0.402. The second-order valence-corrected chi connectivity index (χ2v) is 4.27. The highest BCUT2D eigenvalue weighted by atomic mass is 35.5. The average molecular weight is 230 g/mol. The van der Waals surface area contributed by atoms with Crippen molar-refractivity contribution in [3.05, 3.63) is 34.6 Å². The van der Waals surface area contributed by atoms with Gasteiger partial charge in [0.2, 0.25) is 0 Å². The van der Waals surface area contributed by atoms with Crippen molar-refractivity contribution in [2.24, 2.45) is 5.73 Å². The first-order chi connectivity index (χ1) is 7.13. The smallest absolute Gasteiger partial charge is 0.129 e. The minimum absolute atomic E-state index is 0.327. The number of halogens is 2. The molecule has 0 saturated carbocycles. The van der Waals surface area contributed by atoms with E-state index in [9.17, 15) is 4.39 Å². The minimum atomic E-state index is -0.680. The first-order valence-corrected chi connectivity index (χ1v) is 5.32. The van der Waals surface area contributed by atoms with Gasteiger partial charge in [-0.25, -0.2) is 4.39 Å². The van der Waals surface area contributed by atoms with Crippen LogP contribution in [0.1, 0.15) is 18.4 Å². The molecule has 2 N–H and O–H groups in total. The van der Waals surface area contributed by atoms with Crippen LogP contribution in [0.4, 0.5) is 4.39 Å². The molecule has 2 nitrogen and oxygen atoms in total. The molecule has 15 heavy (non-hydrogen) atoms. The monoisotopic (exact) mass is 229 g/mol. The highest BCUT2D eigenvalue weighted by Crippen LogP contribution is 2.35. The van der Waals surface area contributed by atoms with Gasteiger partial charge in [-0.2, -0.15) is 0 Å². The van der Waals surface area contributed by atoms with Crippen LogP contribution in [0, 0.1) is 5.82 Å². The molecule has 1 aromatic rings. The molecule has 0 bridgehead atoms. The second-order valence-electron chi connectivity index (χ2n) is 3.87. The molecule has 0 amide bonds. The maximum Gasteiger partial charge on any atom is 0.129 e. The van der Waals surface area contributed by atoms with Crippen molar-refractivity contribution < 1.29 is 9.13 Å². The lowest BCUT2D eigenvalue weighted by Crippen LogP contribution is -2.43. The molecule has 0 aromatic heterocycles. The molecule has 1 aromatic carbocycles. The molecular weight excluding hydrogens is 217 g/mol. The minimum Gasteiger partial charge on any atom is -0.381 e. The van der Waals surface area contributed by atoms with Crippen molar-refractivity contribution in [2.45, 2.75) is 18.4 Å². The van der Waals surface area contributed by atoms with Crippen molar-refractivity contribution in [3.8, 4) is 0 Å². The summed E-state index contributed by atoms with van der Waals surface area (Å²) < 4.78 is 18.9. The summed E-state index contributed by atoms with van der Waals surface area (Å²) in [4.78, 5) is 0. The van der Waals surface area contributed by atoms with Gasteiger partial charge >= 0.3 is 0 Å². The van der Waals surface area contributed by atoms with Gasteiger partial charge in [0.15, 0.2) is 0 Å². The van der Waals surface area contributed by atoms with E-state index in [1.807, 2.05) is 0 Å². The van der Waals surface area contributed by atoms with Crippen LogP contribution in [-0.4, -0.2) is 13.2 Å². The molecule has 1 heterocycles. The summed E-state index contributed by atoms with van der Waals surface area (Å²) in [6.07, 6.45) is 1.21. The van der Waals surface area contributed by atoms with Gasteiger partial charge in [-0.15, -0.1) is 0 Å². The SMILES string of the molecule is NC1(c2c(F)cccc2Cl)CCOCC1. The second kappa shape index (κ2) is 4.08. The zero-order chi connectivity index (χ0) is 10.9. The Labute approximate surface area is 93.2 Å². The zero-order valence-electron chi connectivity index (χ0n) is 8.30. The highest BCUT2D eigenvalue weighted by molar-refractivity contribution is 6.31. The van der Waals surface area contributed by atoms with Gasteiger partial charge in [-0.1, -0.05) is 17.7 Å². The summed E-state index contributed by atoms with van der Waals surface area (Å²) in [5.74, 6) is -0.327. The van der Waals surface area contributed by atoms with Crippen molar-refractivity contribution in [1.29, 1.82) is 0 Å². The lowest BCUT2D eigenvalue weighted by molar-refractivity contribution is 0.0511. The fraction of sp³-hybridized carbons (Fsp3) is 0.455. The predicted molar refractivity (Wildman–Crippen MR) is 57.3 cm³/mol. The number of hydrogen-bond donors (Lipinski definition) is 1. The van der Waals surface area contributed by atoms with E-state index in [4.69, 9.17) is 22.1 Å². The first-order valence-electron chi connectivity index (χ1n) is 4.95. The molecule has 0 spiro atoms. The molecule has 1 aliphatic rings. The lowest BCUT2D eigenvalue weighted by Gasteiger charge is -2.34. The van der Waals surface area contributed by atoms with Gasteiger partial charge in [0, 0.05) is 29.3 Å². The Morgan fingerprint density at radius 3 is 2.60 bits per heavy atom. The fourth-order valence-electron chi connectivity index (χ4n) is 1.96. The molecule has 0 atom stereocenters. The molecule has 82 valence electrons. The normalized spacial score (nSPS) is 20.2. The van der Waals surface area contributed by atoms with E-state index in [1.54, 1.807) is 12.1 Å². The predicted octanol–water partition coefficient (Wildman–Crippen LogP) is 2.44. The number of hydrogen-bond acceptors (Lipinski definition) is 2. The van der Waals surface area contributed by atoms with E-state index in [0.29, 0.717) is 36.6 Å². The van der Waals surface area contributed by atoms with Crippen LogP contribution in [0.15, 0.2) is 18.2 Å². The van der Waals surface area contributed by atoms with Gasteiger partial charge in [-0.05, 0) is 25.0 Å². The quantitative estimate of drug-likeness (QED) is 0.803. The van der Waals surface area contributed by atoms with Crippen LogP contribution in [0.2, 0.25) is 5.02 Å². The van der Waals surface area contributed by atoms with Gasteiger partial charge in [0.25, 0.3) is 0 Å². The molecule has 0 unspecified atom stereocenters. The maximum atomic E-state index is 13.7. The van der Waals surface area contributed by atoms with E-state index in [1.165, 1.54) is 6.07 Å². The Kier molecular flexibility index (Phi) is 2.96. The lowest BCUT2D eigenvalue weighted by atomic mass is 9.83. The van der Waals surface area contributed by atoms with E-state index >= 15 is 0 Å². The molecule has 2 rings (SSSR count). The first kappa shape index (κ1) is 10.9. The van der Waals surface area contributed by atoms with E-state index < -0.39 is 5.54 Å². The largest absolute Gasteiger partial charge is 0.381 e. The molecular formula is C11H13ClFNO. The third-order valence-electron chi connectivity index (χ3n) is 2.85. The van der Waals surface area contributed by atoms with Crippen LogP contribution in [0.25, 0.3) is 0 Å². The average Bonchev–Trinajstić information content (AvgIpc) is 2.18. The highest BCUT2D eigenvalue weighted by Gasteiger charge is 2.34. The van der Waals surface area contributed by atoms with Gasteiger partial charge < -0.3 is 10.5 Å². The van der Waals surface area contributed by atoms with Crippen LogP contribution < -0.4 is 5.73 Å². The van der Waals surface area contributed by atoms with Gasteiger partial charge in [-0.3, -0.25) is 0 Å². The molecule has 0 aliphatic carbocycles. The van der Waals surface area contributed by atoms with Gasteiger partial charge in [0.1, 0.15) is 5.82 Å². The third kappa shape index (κ3) is 2.00. The van der Waals surface area contributed by atoms with Crippen molar-refractivity contribution in [3.63, 3.8) is 0 Å². The molecule has 0 radical (unpaired) electrons. The number of rotatable bonds is 1. The Bertz CT molecular complexity index is 343. The van der Waals surface area contributed by atoms with Crippen LogP contribution in [-0.2, 0) is 10.3 Å². The number of ether oxygens (including phenoxy) is 1. The Morgan fingerprint density at radius 1 is 1.33 bits per heavy atom. The topological polar surface area (TPSA) is 35.2 Å². The van der Waals surface area contributed by atoms with Crippen LogP contribution >= 0.6 is 11.6 Å². The summed E-state index contributed by atoms with van der Waals surface area (Å²) in [6, 6.07) is 4.65. The maximum absolute atomic E-state index is 13.7. The number of benzene rings is 1. The Hall–Kier alpha value is -0.640. The summed E-state index contributed by atoms with van der Waals surface area (Å²) >= 11 is 5.99. The molecule has 1 fully saturated rings. The zero-order valence-corrected chi connectivity index (χ0v) is 9.06. The van der Waals surface area contributed by atoms with Gasteiger partial charge in [0.05, 0.1) is 0 Å². The standard InChI is InChI=1S/C11H13ClFNO/c12-8-2-1-3-9(13)10(8)11(14)4-6-15-7-5-11/h1-3H,4-7,14H2. The van der Waals surface area contributed by atoms with Crippen molar-refractivity contribution in [2.75, 3.05) is 13.2 Å². The van der Waals surface area contributed by atoms with Crippen LogP contribution in [0.5, 0.6) is 0 Å². The molecule has 4 heteroatoms. The summed E-state index contributed by atoms with van der Waals surface area (Å²) in [5.41, 5.74) is 5.92. The fourth-order valence-corrected chi connectivity index (χ4v) is 2.31. The van der Waals surface area contributed by atoms with Crippen molar-refractivity contribution >= 4 is 11.6 Å². The van der Waals surface area contributed by atoms with E-state index in [2.05, 4.69) is 0 Å². The Balaban J connectivity index is 2.42. The number of nitrogens with two attached hydrogens (primary N) is 1. The van der Waals surface area contributed by atoms with E-state index in [-0.39, 0.29) is 5.82 Å². The summed E-state index contributed by atoms with van der Waals surface area (Å²) in [6.45, 7) is 1.11. The van der Waals surface area contributed by atoms with Crippen LogP contribution in [0.3, 0.4) is 0 Å². The molecule has 1 saturated heterocycles. The third-order valence-corrected chi connectivity index (χ3v) is 3.16. The van der Waals surface area contributed by atoms with E-state index in [0.717, 1.165) is 0 Å². The summed E-state index contributed by atoms with van der Waals surface area (Å²) in [7, 11) is 0. The van der Waals surface area contributed by atoms with Crippen molar-refractivity contribution in [1.82, 2.24) is 0 Å². The Morgan fingerprint density at radius 2 is 2.00 bits per heavy atom.